The molecule has 0 aromatic rings. The molecule has 0 spiro atoms. The van der Waals surface area contributed by atoms with E-state index in [0.29, 0.717) is 26.2 Å². The van der Waals surface area contributed by atoms with Crippen LogP contribution in [-0.4, -0.2) is 61.9 Å². The summed E-state index contributed by atoms with van der Waals surface area (Å²) < 4.78 is 10.9. The first kappa shape index (κ1) is 12.8. The lowest BCUT2D eigenvalue weighted by molar-refractivity contribution is -0.144. The van der Waals surface area contributed by atoms with Gasteiger partial charge in [0.1, 0.15) is 0 Å². The normalized spacial score (nSPS) is 34.7. The van der Waals surface area contributed by atoms with Gasteiger partial charge in [-0.25, -0.2) is 0 Å². The zero-order chi connectivity index (χ0) is 12.3. The van der Waals surface area contributed by atoms with Gasteiger partial charge in [-0.05, 0) is 13.8 Å². The number of morpholine rings is 2. The van der Waals surface area contributed by atoms with Crippen molar-refractivity contribution in [2.24, 2.45) is 0 Å². The lowest BCUT2D eigenvalue weighted by atomic mass is 10.1. The van der Waals surface area contributed by atoms with Gasteiger partial charge >= 0.3 is 0 Å². The summed E-state index contributed by atoms with van der Waals surface area (Å²) in [5.41, 5.74) is 0. The van der Waals surface area contributed by atoms with Crippen molar-refractivity contribution in [3.63, 3.8) is 0 Å². The van der Waals surface area contributed by atoms with Gasteiger partial charge in [0, 0.05) is 25.6 Å². The Hall–Kier alpha value is -0.650. The maximum Gasteiger partial charge on any atom is 0.224 e. The second-order valence-corrected chi connectivity index (χ2v) is 4.97. The highest BCUT2D eigenvalue weighted by Crippen LogP contribution is 2.14. The molecule has 0 radical (unpaired) electrons. The molecule has 5 nitrogen and oxygen atoms in total. The molecule has 2 saturated heterocycles. The Bertz CT molecular complexity index is 266. The number of hydrogen-bond donors (Lipinski definition) is 1. The van der Waals surface area contributed by atoms with E-state index in [0.717, 1.165) is 13.2 Å². The molecule has 3 atom stereocenters. The molecule has 2 heterocycles. The van der Waals surface area contributed by atoms with Gasteiger partial charge in [-0.3, -0.25) is 4.79 Å². The highest BCUT2D eigenvalue weighted by Gasteiger charge is 2.29. The van der Waals surface area contributed by atoms with E-state index in [1.165, 1.54) is 0 Å². The smallest absolute Gasteiger partial charge is 0.224 e. The van der Waals surface area contributed by atoms with Crippen LogP contribution < -0.4 is 5.32 Å². The minimum atomic E-state index is 0.144. The van der Waals surface area contributed by atoms with Crippen LogP contribution >= 0.6 is 0 Å². The Morgan fingerprint density at radius 1 is 1.41 bits per heavy atom. The minimum absolute atomic E-state index is 0.144. The molecule has 0 bridgehead atoms. The van der Waals surface area contributed by atoms with E-state index < -0.39 is 0 Å². The van der Waals surface area contributed by atoms with E-state index in [-0.39, 0.29) is 24.1 Å². The Labute approximate surface area is 102 Å². The molecule has 2 aliphatic heterocycles. The number of nitrogens with one attached hydrogen (secondary N) is 1. The van der Waals surface area contributed by atoms with Gasteiger partial charge in [-0.1, -0.05) is 0 Å². The predicted octanol–water partition coefficient (Wildman–Crippen LogP) is 0.000700. The van der Waals surface area contributed by atoms with Crippen molar-refractivity contribution in [2.75, 3.05) is 32.9 Å². The number of carbonyl (C=O) groups excluding carboxylic acids is 1. The molecule has 0 aromatic heterocycles. The van der Waals surface area contributed by atoms with Crippen LogP contribution in [0, 0.1) is 0 Å². The van der Waals surface area contributed by atoms with Crippen molar-refractivity contribution in [1.29, 1.82) is 0 Å². The van der Waals surface area contributed by atoms with Crippen LogP contribution in [0.15, 0.2) is 0 Å². The lowest BCUT2D eigenvalue weighted by Gasteiger charge is -2.37. The van der Waals surface area contributed by atoms with Crippen molar-refractivity contribution in [1.82, 2.24) is 10.2 Å². The van der Waals surface area contributed by atoms with Gasteiger partial charge in [-0.2, -0.15) is 0 Å². The van der Waals surface area contributed by atoms with Crippen LogP contribution in [0.4, 0.5) is 0 Å². The molecular weight excluding hydrogens is 220 g/mol. The Morgan fingerprint density at radius 3 is 2.94 bits per heavy atom. The second-order valence-electron chi connectivity index (χ2n) is 4.97. The summed E-state index contributed by atoms with van der Waals surface area (Å²) in [7, 11) is 0. The summed E-state index contributed by atoms with van der Waals surface area (Å²) in [5.74, 6) is 0.204. The van der Waals surface area contributed by atoms with E-state index in [9.17, 15) is 4.79 Å². The summed E-state index contributed by atoms with van der Waals surface area (Å²) >= 11 is 0. The zero-order valence-corrected chi connectivity index (χ0v) is 10.6. The van der Waals surface area contributed by atoms with E-state index in [1.54, 1.807) is 0 Å². The molecule has 0 saturated carbocycles. The van der Waals surface area contributed by atoms with Crippen molar-refractivity contribution >= 4 is 5.91 Å². The van der Waals surface area contributed by atoms with Gasteiger partial charge in [0.05, 0.1) is 32.0 Å². The van der Waals surface area contributed by atoms with Crippen molar-refractivity contribution in [3.05, 3.63) is 0 Å². The quantitative estimate of drug-likeness (QED) is 0.740. The molecule has 98 valence electrons. The van der Waals surface area contributed by atoms with Gasteiger partial charge < -0.3 is 19.7 Å². The minimum Gasteiger partial charge on any atom is -0.378 e. The maximum atomic E-state index is 12.2. The second kappa shape index (κ2) is 5.80. The third kappa shape index (κ3) is 3.40. The molecule has 2 fully saturated rings. The Morgan fingerprint density at radius 2 is 2.24 bits per heavy atom. The summed E-state index contributed by atoms with van der Waals surface area (Å²) in [4.78, 5) is 14.1. The number of rotatable bonds is 2. The molecule has 3 unspecified atom stereocenters. The van der Waals surface area contributed by atoms with Crippen molar-refractivity contribution < 1.29 is 14.3 Å². The van der Waals surface area contributed by atoms with Crippen LogP contribution in [0.3, 0.4) is 0 Å². The van der Waals surface area contributed by atoms with E-state index >= 15 is 0 Å². The first-order valence-corrected chi connectivity index (χ1v) is 6.39. The van der Waals surface area contributed by atoms with Crippen LogP contribution in [0.2, 0.25) is 0 Å². The van der Waals surface area contributed by atoms with Crippen LogP contribution in [0.1, 0.15) is 20.3 Å². The number of amides is 1. The van der Waals surface area contributed by atoms with Crippen molar-refractivity contribution in [2.45, 2.75) is 38.5 Å². The van der Waals surface area contributed by atoms with Crippen LogP contribution in [0.25, 0.3) is 0 Å². The lowest BCUT2D eigenvalue weighted by Crippen LogP contribution is -2.52. The van der Waals surface area contributed by atoms with Gasteiger partial charge in [0.2, 0.25) is 5.91 Å². The van der Waals surface area contributed by atoms with Crippen molar-refractivity contribution in [3.8, 4) is 0 Å². The monoisotopic (exact) mass is 242 g/mol. The molecule has 2 aliphatic rings. The fourth-order valence-electron chi connectivity index (χ4n) is 2.33. The van der Waals surface area contributed by atoms with Crippen LogP contribution in [0.5, 0.6) is 0 Å². The highest BCUT2D eigenvalue weighted by atomic mass is 16.5. The van der Waals surface area contributed by atoms with Gasteiger partial charge in [0.25, 0.3) is 0 Å². The number of ether oxygens (including phenoxy) is 2. The summed E-state index contributed by atoms with van der Waals surface area (Å²) in [6.45, 7) is 7.61. The number of hydrogen-bond acceptors (Lipinski definition) is 4. The molecule has 0 aliphatic carbocycles. The Kier molecular flexibility index (Phi) is 4.36. The number of nitrogens with zero attached hydrogens (tertiary/aromatic N) is 1. The van der Waals surface area contributed by atoms with E-state index in [1.807, 2.05) is 18.7 Å². The zero-order valence-electron chi connectivity index (χ0n) is 10.6. The number of carbonyl (C=O) groups is 1. The third-order valence-corrected chi connectivity index (χ3v) is 3.35. The molecule has 0 aromatic carbocycles. The van der Waals surface area contributed by atoms with E-state index in [2.05, 4.69) is 5.32 Å². The summed E-state index contributed by atoms with van der Waals surface area (Å²) in [6, 6.07) is 0.352. The van der Waals surface area contributed by atoms with Crippen LogP contribution in [-0.2, 0) is 14.3 Å². The third-order valence-electron chi connectivity index (χ3n) is 3.35. The molecule has 17 heavy (non-hydrogen) atoms. The fraction of sp³-hybridized carbons (Fsp3) is 0.917. The maximum absolute atomic E-state index is 12.2. The predicted molar refractivity (Wildman–Crippen MR) is 63.8 cm³/mol. The molecule has 5 heteroatoms. The van der Waals surface area contributed by atoms with Gasteiger partial charge in [-0.15, -0.1) is 0 Å². The summed E-state index contributed by atoms with van der Waals surface area (Å²) in [5, 5.41) is 3.31. The molecule has 2 rings (SSSR count). The Balaban J connectivity index is 1.85. The topological polar surface area (TPSA) is 50.8 Å². The largest absolute Gasteiger partial charge is 0.378 e. The molecule has 1 amide bonds. The average Bonchev–Trinajstić information content (AvgIpc) is 2.33. The highest BCUT2D eigenvalue weighted by molar-refractivity contribution is 5.77. The molecule has 1 N–H and O–H groups in total. The van der Waals surface area contributed by atoms with E-state index in [4.69, 9.17) is 9.47 Å². The average molecular weight is 242 g/mol. The molecular formula is C12H22N2O3. The summed E-state index contributed by atoms with van der Waals surface area (Å²) in [6.07, 6.45) is 0.669. The first-order valence-electron chi connectivity index (χ1n) is 6.39. The SMILES string of the molecule is CC1CN(C(=O)CC2COCCN2)C(C)CO1. The fourth-order valence-corrected chi connectivity index (χ4v) is 2.33. The first-order chi connectivity index (χ1) is 8.16. The van der Waals surface area contributed by atoms with Gasteiger partial charge in [0.15, 0.2) is 0 Å². The standard InChI is InChI=1S/C12H22N2O3/c1-9-7-17-10(2)6-14(9)12(15)5-11-8-16-4-3-13-11/h9-11,13H,3-8H2,1-2H3.